The minimum Gasteiger partial charge on any atom is -0.467 e. The number of carbonyl (C=O) groups excluding carboxylic acids is 2. The summed E-state index contributed by atoms with van der Waals surface area (Å²) in [7, 11) is 4.82. The molecular weight excluding hydrogens is 432 g/mol. The van der Waals surface area contributed by atoms with E-state index in [0.717, 1.165) is 24.2 Å². The highest BCUT2D eigenvalue weighted by molar-refractivity contribution is 5.83. The van der Waals surface area contributed by atoms with E-state index in [9.17, 15) is 9.59 Å². The van der Waals surface area contributed by atoms with Crippen molar-refractivity contribution in [3.63, 3.8) is 0 Å². The number of nitrogens with zero attached hydrogens (tertiary/aromatic N) is 5. The van der Waals surface area contributed by atoms with Crippen molar-refractivity contribution in [3.05, 3.63) is 11.3 Å². The van der Waals surface area contributed by atoms with Crippen LogP contribution >= 0.6 is 0 Å². The van der Waals surface area contributed by atoms with Crippen LogP contribution in [0.2, 0.25) is 0 Å². The number of carbonyl (C=O) groups is 2. The first-order valence-electron chi connectivity index (χ1n) is 10.9. The first-order chi connectivity index (χ1) is 15.6. The first-order valence-corrected chi connectivity index (χ1v) is 10.9. The molecule has 0 saturated carbocycles. The summed E-state index contributed by atoms with van der Waals surface area (Å²) in [5.74, 6) is 0.185. The van der Waals surface area contributed by atoms with Crippen LogP contribution < -0.4 is 15.0 Å². The lowest BCUT2D eigenvalue weighted by Gasteiger charge is -2.41. The first kappa shape index (κ1) is 24.9. The Morgan fingerprint density at radius 1 is 1.21 bits per heavy atom. The van der Waals surface area contributed by atoms with Crippen LogP contribution in [0, 0.1) is 0 Å². The zero-order chi connectivity index (χ0) is 24.2. The SMILES string of the molecule is COC(=O)C1CN(c2nc(OCON(C)C)nc3c2CCNC3)CCN1C(=O)OC(C)(C)C. The van der Waals surface area contributed by atoms with Gasteiger partial charge in [-0.1, -0.05) is 0 Å². The molecule has 2 aliphatic heterocycles. The fourth-order valence-corrected chi connectivity index (χ4v) is 3.68. The number of hydroxylamine groups is 2. The summed E-state index contributed by atoms with van der Waals surface area (Å²) in [6.45, 7) is 7.69. The lowest BCUT2D eigenvalue weighted by molar-refractivity contribution is -0.171. The minimum absolute atomic E-state index is 0.0319. The summed E-state index contributed by atoms with van der Waals surface area (Å²) in [5, 5.41) is 4.83. The molecule has 1 unspecified atom stereocenters. The van der Waals surface area contributed by atoms with E-state index in [4.69, 9.17) is 19.0 Å². The lowest BCUT2D eigenvalue weighted by atomic mass is 10.1. The molecule has 1 atom stereocenters. The van der Waals surface area contributed by atoms with Crippen molar-refractivity contribution < 1.29 is 28.6 Å². The number of aromatic nitrogens is 2. The molecule has 12 heteroatoms. The topological polar surface area (TPSA) is 119 Å². The van der Waals surface area contributed by atoms with Crippen LogP contribution in [0.1, 0.15) is 32.0 Å². The van der Waals surface area contributed by atoms with E-state index in [1.54, 1.807) is 34.9 Å². The summed E-state index contributed by atoms with van der Waals surface area (Å²) in [4.78, 5) is 43.2. The maximum absolute atomic E-state index is 12.8. The largest absolute Gasteiger partial charge is 0.467 e. The van der Waals surface area contributed by atoms with E-state index in [2.05, 4.69) is 15.3 Å². The van der Waals surface area contributed by atoms with Gasteiger partial charge in [0.1, 0.15) is 11.4 Å². The molecule has 1 aromatic rings. The van der Waals surface area contributed by atoms with Crippen molar-refractivity contribution in [3.8, 4) is 6.01 Å². The number of anilines is 1. The molecule has 3 rings (SSSR count). The van der Waals surface area contributed by atoms with E-state index in [1.165, 1.54) is 17.1 Å². The zero-order valence-corrected chi connectivity index (χ0v) is 20.2. The smallest absolute Gasteiger partial charge is 0.411 e. The van der Waals surface area contributed by atoms with E-state index in [-0.39, 0.29) is 25.9 Å². The van der Waals surface area contributed by atoms with Crippen molar-refractivity contribution >= 4 is 17.9 Å². The number of esters is 1. The Balaban J connectivity index is 1.86. The number of ether oxygens (including phenoxy) is 3. The quantitative estimate of drug-likeness (QED) is 0.360. The number of piperazine rings is 1. The molecule has 1 saturated heterocycles. The molecule has 0 aliphatic carbocycles. The number of fused-ring (bicyclic) bond motifs is 1. The van der Waals surface area contributed by atoms with Gasteiger partial charge in [0.05, 0.1) is 19.3 Å². The fraction of sp³-hybridized carbons (Fsp3) is 0.714. The van der Waals surface area contributed by atoms with Gasteiger partial charge in [-0.15, -0.1) is 0 Å². The molecule has 0 spiro atoms. The van der Waals surface area contributed by atoms with Gasteiger partial charge in [-0.05, 0) is 33.7 Å². The van der Waals surface area contributed by atoms with E-state index >= 15 is 0 Å². The highest BCUT2D eigenvalue weighted by Gasteiger charge is 2.39. The fourth-order valence-electron chi connectivity index (χ4n) is 3.68. The summed E-state index contributed by atoms with van der Waals surface area (Å²) >= 11 is 0. The summed E-state index contributed by atoms with van der Waals surface area (Å²) in [5.41, 5.74) is 1.17. The third-order valence-electron chi connectivity index (χ3n) is 5.17. The second kappa shape index (κ2) is 10.5. The zero-order valence-electron chi connectivity index (χ0n) is 20.2. The van der Waals surface area contributed by atoms with Gasteiger partial charge in [-0.25, -0.2) is 9.59 Å². The van der Waals surface area contributed by atoms with Crippen LogP contribution in [0.4, 0.5) is 10.6 Å². The van der Waals surface area contributed by atoms with Gasteiger partial charge in [-0.2, -0.15) is 15.0 Å². The van der Waals surface area contributed by atoms with Crippen molar-refractivity contribution in [2.75, 3.05) is 59.1 Å². The number of methoxy groups -OCH3 is 1. The second-order valence-corrected chi connectivity index (χ2v) is 9.04. The Labute approximate surface area is 194 Å². The van der Waals surface area contributed by atoms with Crippen LogP contribution in [0.5, 0.6) is 6.01 Å². The van der Waals surface area contributed by atoms with Crippen LogP contribution in [0.3, 0.4) is 0 Å². The van der Waals surface area contributed by atoms with Crippen LogP contribution in [-0.4, -0.2) is 97.8 Å². The van der Waals surface area contributed by atoms with Gasteiger partial charge in [0.25, 0.3) is 0 Å². The second-order valence-electron chi connectivity index (χ2n) is 9.04. The Morgan fingerprint density at radius 3 is 2.64 bits per heavy atom. The molecular formula is C21H34N6O6. The summed E-state index contributed by atoms with van der Waals surface area (Å²) in [6, 6.07) is -0.633. The Morgan fingerprint density at radius 2 is 1.97 bits per heavy atom. The van der Waals surface area contributed by atoms with Gasteiger partial charge in [-0.3, -0.25) is 9.74 Å². The number of nitrogens with one attached hydrogen (secondary N) is 1. The third-order valence-corrected chi connectivity index (χ3v) is 5.17. The molecule has 1 N–H and O–H groups in total. The van der Waals surface area contributed by atoms with Crippen molar-refractivity contribution in [1.82, 2.24) is 25.2 Å². The molecule has 0 bridgehead atoms. The number of amides is 1. The number of hydrogen-bond donors (Lipinski definition) is 1. The molecule has 12 nitrogen and oxygen atoms in total. The van der Waals surface area contributed by atoms with Crippen molar-refractivity contribution in [2.24, 2.45) is 0 Å². The van der Waals surface area contributed by atoms with E-state index in [0.29, 0.717) is 18.9 Å². The molecule has 0 aromatic carbocycles. The average Bonchev–Trinajstić information content (AvgIpc) is 2.76. The molecule has 1 fully saturated rings. The highest BCUT2D eigenvalue weighted by Crippen LogP contribution is 2.29. The predicted molar refractivity (Wildman–Crippen MR) is 119 cm³/mol. The standard InChI is InChI=1S/C21H34N6O6/c1-21(2,3)33-20(29)27-10-9-26(12-16(27)18(28)30-6)17-14-7-8-22-11-15(14)23-19(24-17)31-13-32-25(4)5/h16,22H,7-13H2,1-6H3. The molecule has 1 amide bonds. The minimum atomic E-state index is -0.827. The van der Waals surface area contributed by atoms with Crippen molar-refractivity contribution in [1.29, 1.82) is 0 Å². The normalized spacial score (nSPS) is 18.7. The van der Waals surface area contributed by atoms with E-state index in [1.807, 2.05) is 4.90 Å². The van der Waals surface area contributed by atoms with Gasteiger partial charge in [0.15, 0.2) is 6.04 Å². The van der Waals surface area contributed by atoms with Gasteiger partial charge >= 0.3 is 18.1 Å². The lowest BCUT2D eigenvalue weighted by Crippen LogP contribution is -2.59. The highest BCUT2D eigenvalue weighted by atomic mass is 16.8. The average molecular weight is 467 g/mol. The monoisotopic (exact) mass is 466 g/mol. The Hall–Kier alpha value is -2.70. The molecule has 1 aromatic heterocycles. The van der Waals surface area contributed by atoms with Crippen LogP contribution in [0.15, 0.2) is 0 Å². The summed E-state index contributed by atoms with van der Waals surface area (Å²) < 4.78 is 16.1. The Bertz CT molecular complexity index is 858. The number of rotatable bonds is 6. The predicted octanol–water partition coefficient (Wildman–Crippen LogP) is 0.551. The molecule has 2 aliphatic rings. The molecule has 33 heavy (non-hydrogen) atoms. The van der Waals surface area contributed by atoms with Gasteiger partial charge in [0.2, 0.25) is 6.79 Å². The van der Waals surface area contributed by atoms with Crippen molar-refractivity contribution in [2.45, 2.75) is 45.4 Å². The molecule has 0 radical (unpaired) electrons. The van der Waals surface area contributed by atoms with Crippen LogP contribution in [-0.2, 0) is 32.1 Å². The number of hydrogen-bond acceptors (Lipinski definition) is 11. The summed E-state index contributed by atoms with van der Waals surface area (Å²) in [6.07, 6.45) is 0.199. The van der Waals surface area contributed by atoms with Gasteiger partial charge in [0, 0.05) is 39.3 Å². The Kier molecular flexibility index (Phi) is 7.92. The maximum Gasteiger partial charge on any atom is 0.411 e. The third kappa shape index (κ3) is 6.42. The molecule has 3 heterocycles. The van der Waals surface area contributed by atoms with Crippen LogP contribution in [0.25, 0.3) is 0 Å². The van der Waals surface area contributed by atoms with E-state index < -0.39 is 23.7 Å². The molecule has 184 valence electrons. The maximum atomic E-state index is 12.8. The van der Waals surface area contributed by atoms with Gasteiger partial charge < -0.3 is 24.4 Å².